The molecule has 1 heterocycles. The number of nitrogens with one attached hydrogen (secondary N) is 1. The van der Waals surface area contributed by atoms with E-state index >= 15 is 0 Å². The Morgan fingerprint density at radius 3 is 2.70 bits per heavy atom. The van der Waals surface area contributed by atoms with Gasteiger partial charge in [-0.15, -0.1) is 24.0 Å². The number of hydrogen-bond acceptors (Lipinski definition) is 4. The average molecular weight is 434 g/mol. The Hall–Kier alpha value is -1.22. The summed E-state index contributed by atoms with van der Waals surface area (Å²) in [6, 6.07) is 5.57. The SMILES string of the molecule is CCN1CCC(CN=C(N)Nc2ccc(OC)c(OC)c2)C1.I. The van der Waals surface area contributed by atoms with E-state index in [0.29, 0.717) is 23.4 Å². The van der Waals surface area contributed by atoms with Crippen molar-refractivity contribution in [2.24, 2.45) is 16.6 Å². The molecule has 1 aliphatic rings. The number of aliphatic imine (C=N–C) groups is 1. The summed E-state index contributed by atoms with van der Waals surface area (Å²) in [7, 11) is 3.22. The Labute approximate surface area is 155 Å². The lowest BCUT2D eigenvalue weighted by Crippen LogP contribution is -2.25. The van der Waals surface area contributed by atoms with E-state index in [4.69, 9.17) is 15.2 Å². The molecule has 23 heavy (non-hydrogen) atoms. The van der Waals surface area contributed by atoms with Gasteiger partial charge in [-0.05, 0) is 37.6 Å². The van der Waals surface area contributed by atoms with E-state index in [2.05, 4.69) is 22.1 Å². The topological polar surface area (TPSA) is 72.1 Å². The summed E-state index contributed by atoms with van der Waals surface area (Å²) >= 11 is 0. The lowest BCUT2D eigenvalue weighted by atomic mass is 10.1. The number of benzene rings is 1. The van der Waals surface area contributed by atoms with Gasteiger partial charge in [0.05, 0.1) is 14.2 Å². The molecule has 1 saturated heterocycles. The van der Waals surface area contributed by atoms with Gasteiger partial charge >= 0.3 is 0 Å². The van der Waals surface area contributed by atoms with E-state index in [1.54, 1.807) is 14.2 Å². The molecule has 0 aromatic heterocycles. The van der Waals surface area contributed by atoms with Gasteiger partial charge in [0.2, 0.25) is 0 Å². The summed E-state index contributed by atoms with van der Waals surface area (Å²) in [5.41, 5.74) is 6.80. The predicted octanol–water partition coefficient (Wildman–Crippen LogP) is 2.39. The first-order chi connectivity index (χ1) is 10.7. The van der Waals surface area contributed by atoms with Gasteiger partial charge in [-0.3, -0.25) is 4.99 Å². The summed E-state index contributed by atoms with van der Waals surface area (Å²) in [6.45, 7) is 6.35. The molecule has 0 radical (unpaired) electrons. The minimum Gasteiger partial charge on any atom is -0.493 e. The third-order valence-electron chi connectivity index (χ3n) is 3.99. The number of hydrogen-bond donors (Lipinski definition) is 2. The van der Waals surface area contributed by atoms with E-state index in [0.717, 1.165) is 25.3 Å². The van der Waals surface area contributed by atoms with Crippen molar-refractivity contribution in [1.82, 2.24) is 4.90 Å². The van der Waals surface area contributed by atoms with Crippen LogP contribution in [0.5, 0.6) is 11.5 Å². The molecule has 0 bridgehead atoms. The molecule has 0 spiro atoms. The molecule has 1 atom stereocenters. The minimum atomic E-state index is 0. The normalized spacial score (nSPS) is 18.4. The van der Waals surface area contributed by atoms with E-state index in [1.165, 1.54) is 13.0 Å². The highest BCUT2D eigenvalue weighted by atomic mass is 127. The predicted molar refractivity (Wildman–Crippen MR) is 105 cm³/mol. The number of nitrogens with two attached hydrogens (primary N) is 1. The van der Waals surface area contributed by atoms with Crippen LogP contribution >= 0.6 is 24.0 Å². The van der Waals surface area contributed by atoms with Crippen LogP contribution in [0.4, 0.5) is 5.69 Å². The third kappa shape index (κ3) is 5.72. The highest BCUT2D eigenvalue weighted by molar-refractivity contribution is 14.0. The summed E-state index contributed by atoms with van der Waals surface area (Å²) in [5, 5.41) is 3.10. The van der Waals surface area contributed by atoms with Gasteiger partial charge in [0.15, 0.2) is 17.5 Å². The summed E-state index contributed by atoms with van der Waals surface area (Å²) < 4.78 is 10.5. The lowest BCUT2D eigenvalue weighted by molar-refractivity contribution is 0.344. The van der Waals surface area contributed by atoms with Crippen LogP contribution < -0.4 is 20.5 Å². The van der Waals surface area contributed by atoms with Gasteiger partial charge in [-0.25, -0.2) is 0 Å². The molecule has 0 saturated carbocycles. The molecule has 3 N–H and O–H groups in total. The Bertz CT molecular complexity index is 525. The van der Waals surface area contributed by atoms with Crippen LogP contribution in [0.3, 0.4) is 0 Å². The van der Waals surface area contributed by atoms with Crippen LogP contribution in [-0.4, -0.2) is 51.3 Å². The molecule has 1 unspecified atom stereocenters. The van der Waals surface area contributed by atoms with E-state index in [1.807, 2.05) is 18.2 Å². The second-order valence-electron chi connectivity index (χ2n) is 5.47. The Kier molecular flexibility index (Phi) is 8.46. The van der Waals surface area contributed by atoms with Crippen LogP contribution in [-0.2, 0) is 0 Å². The Morgan fingerprint density at radius 1 is 1.35 bits per heavy atom. The fourth-order valence-electron chi connectivity index (χ4n) is 2.68. The van der Waals surface area contributed by atoms with Gasteiger partial charge in [0.1, 0.15) is 0 Å². The lowest BCUT2D eigenvalue weighted by Gasteiger charge is -2.13. The van der Waals surface area contributed by atoms with Crippen molar-refractivity contribution in [1.29, 1.82) is 0 Å². The van der Waals surface area contributed by atoms with E-state index in [-0.39, 0.29) is 24.0 Å². The van der Waals surface area contributed by atoms with E-state index in [9.17, 15) is 0 Å². The third-order valence-corrected chi connectivity index (χ3v) is 3.99. The Balaban J connectivity index is 0.00000264. The van der Waals surface area contributed by atoms with Crippen LogP contribution in [0.25, 0.3) is 0 Å². The number of methoxy groups -OCH3 is 2. The van der Waals surface area contributed by atoms with Crippen molar-refractivity contribution in [2.45, 2.75) is 13.3 Å². The first-order valence-electron chi connectivity index (χ1n) is 7.67. The number of likely N-dealkylation sites (tertiary alicyclic amines) is 1. The van der Waals surface area contributed by atoms with Crippen molar-refractivity contribution in [3.8, 4) is 11.5 Å². The maximum Gasteiger partial charge on any atom is 0.193 e. The van der Waals surface area contributed by atoms with Crippen molar-refractivity contribution in [3.05, 3.63) is 18.2 Å². The molecular weight excluding hydrogens is 407 g/mol. The maximum absolute atomic E-state index is 5.97. The van der Waals surface area contributed by atoms with Gasteiger partial charge < -0.3 is 25.4 Å². The van der Waals surface area contributed by atoms with Crippen molar-refractivity contribution in [3.63, 3.8) is 0 Å². The Morgan fingerprint density at radius 2 is 2.09 bits per heavy atom. The van der Waals surface area contributed by atoms with Crippen molar-refractivity contribution >= 4 is 35.6 Å². The average Bonchev–Trinajstić information content (AvgIpc) is 3.01. The smallest absolute Gasteiger partial charge is 0.193 e. The van der Waals surface area contributed by atoms with Crippen molar-refractivity contribution in [2.75, 3.05) is 45.7 Å². The molecule has 130 valence electrons. The quantitative estimate of drug-likeness (QED) is 0.409. The first kappa shape index (κ1) is 19.8. The van der Waals surface area contributed by atoms with Crippen LogP contribution in [0, 0.1) is 5.92 Å². The second-order valence-corrected chi connectivity index (χ2v) is 5.47. The number of nitrogens with zero attached hydrogens (tertiary/aromatic N) is 2. The zero-order valence-electron chi connectivity index (χ0n) is 14.0. The van der Waals surface area contributed by atoms with Gasteiger partial charge in [0.25, 0.3) is 0 Å². The standard InChI is InChI=1S/C16H26N4O2.HI/c1-4-20-8-7-12(11-20)10-18-16(17)19-13-5-6-14(21-2)15(9-13)22-3;/h5-6,9,12H,4,7-8,10-11H2,1-3H3,(H3,17,18,19);1H. The zero-order chi connectivity index (χ0) is 15.9. The summed E-state index contributed by atoms with van der Waals surface area (Å²) in [4.78, 5) is 6.90. The molecule has 1 aliphatic heterocycles. The molecule has 7 heteroatoms. The van der Waals surface area contributed by atoms with E-state index < -0.39 is 0 Å². The maximum atomic E-state index is 5.97. The second kappa shape index (κ2) is 9.82. The molecule has 1 aromatic carbocycles. The number of rotatable bonds is 6. The number of guanidine groups is 1. The molecule has 1 fully saturated rings. The van der Waals surface area contributed by atoms with Gasteiger partial charge in [-0.2, -0.15) is 0 Å². The van der Waals surface area contributed by atoms with Gasteiger partial charge in [0, 0.05) is 24.8 Å². The van der Waals surface area contributed by atoms with Crippen LogP contribution in [0.15, 0.2) is 23.2 Å². The van der Waals surface area contributed by atoms with Crippen LogP contribution in [0.1, 0.15) is 13.3 Å². The molecule has 2 rings (SSSR count). The number of ether oxygens (including phenoxy) is 2. The fraction of sp³-hybridized carbons (Fsp3) is 0.562. The highest BCUT2D eigenvalue weighted by Gasteiger charge is 2.20. The molecule has 0 aliphatic carbocycles. The fourth-order valence-corrected chi connectivity index (χ4v) is 2.68. The summed E-state index contributed by atoms with van der Waals surface area (Å²) in [5.74, 6) is 2.39. The molecular formula is C16H27IN4O2. The van der Waals surface area contributed by atoms with Gasteiger partial charge in [-0.1, -0.05) is 6.92 Å². The first-order valence-corrected chi connectivity index (χ1v) is 7.67. The zero-order valence-corrected chi connectivity index (χ0v) is 16.4. The molecule has 1 aromatic rings. The van der Waals surface area contributed by atoms with Crippen LogP contribution in [0.2, 0.25) is 0 Å². The molecule has 0 amide bonds. The molecule has 6 nitrogen and oxygen atoms in total. The van der Waals surface area contributed by atoms with Crippen molar-refractivity contribution < 1.29 is 9.47 Å². The minimum absolute atomic E-state index is 0. The summed E-state index contributed by atoms with van der Waals surface area (Å²) in [6.07, 6.45) is 1.20. The number of anilines is 1. The monoisotopic (exact) mass is 434 g/mol. The number of halogens is 1. The highest BCUT2D eigenvalue weighted by Crippen LogP contribution is 2.29. The largest absolute Gasteiger partial charge is 0.493 e.